The van der Waals surface area contributed by atoms with E-state index in [0.29, 0.717) is 13.2 Å². The van der Waals surface area contributed by atoms with Crippen molar-refractivity contribution in [2.24, 2.45) is 5.41 Å². The highest BCUT2D eigenvalue weighted by Crippen LogP contribution is 2.45. The van der Waals surface area contributed by atoms with Crippen molar-refractivity contribution >= 4 is 23.5 Å². The van der Waals surface area contributed by atoms with Crippen LogP contribution in [-0.2, 0) is 20.7 Å². The van der Waals surface area contributed by atoms with E-state index in [1.807, 2.05) is 24.3 Å². The first-order chi connectivity index (χ1) is 12.0. The molecule has 4 rings (SSSR count). The van der Waals surface area contributed by atoms with Crippen LogP contribution in [-0.4, -0.2) is 54.6 Å². The predicted octanol–water partition coefficient (Wildman–Crippen LogP) is 0.921. The number of urea groups is 1. The molecule has 7 heteroatoms. The first kappa shape index (κ1) is 16.1. The third-order valence-electron chi connectivity index (χ3n) is 5.43. The van der Waals surface area contributed by atoms with Gasteiger partial charge in [-0.3, -0.25) is 19.8 Å². The largest absolute Gasteiger partial charge is 0.377 e. The maximum absolute atomic E-state index is 13.4. The number of hydrogen-bond donors (Lipinski definition) is 1. The second kappa shape index (κ2) is 5.56. The van der Waals surface area contributed by atoms with Crippen molar-refractivity contribution in [1.29, 1.82) is 0 Å². The van der Waals surface area contributed by atoms with Gasteiger partial charge in [0.15, 0.2) is 5.41 Å². The molecule has 0 radical (unpaired) electrons. The molecule has 3 heterocycles. The Morgan fingerprint density at radius 1 is 1.24 bits per heavy atom. The number of nitrogens with one attached hydrogen (secondary N) is 1. The standard InChI is InChI=1S/C18H21N3O4/c1-11(2)21-16(23)18(15(22)19-17(21)24)9-12-5-3-4-6-13(12)20-7-8-25-10-14(18)20/h3-6,11,14H,7-10H2,1-2H3,(H,19,22,24). The zero-order valence-corrected chi connectivity index (χ0v) is 14.3. The highest BCUT2D eigenvalue weighted by molar-refractivity contribution is 6.20. The number of carbonyl (C=O) groups excluding carboxylic acids is 3. The van der Waals surface area contributed by atoms with Crippen LogP contribution in [0.15, 0.2) is 24.3 Å². The van der Waals surface area contributed by atoms with Gasteiger partial charge >= 0.3 is 6.03 Å². The number of benzene rings is 1. The maximum atomic E-state index is 13.4. The van der Waals surface area contributed by atoms with E-state index in [1.165, 1.54) is 4.90 Å². The van der Waals surface area contributed by atoms with Gasteiger partial charge in [0.1, 0.15) is 0 Å². The molecule has 25 heavy (non-hydrogen) atoms. The number of para-hydroxylation sites is 1. The maximum Gasteiger partial charge on any atom is 0.331 e. The van der Waals surface area contributed by atoms with E-state index in [4.69, 9.17) is 4.74 Å². The number of morpholine rings is 1. The zero-order valence-electron chi connectivity index (χ0n) is 14.3. The van der Waals surface area contributed by atoms with Gasteiger partial charge in [0.05, 0.1) is 19.3 Å². The molecule has 2 atom stereocenters. The summed E-state index contributed by atoms with van der Waals surface area (Å²) in [6.45, 7) is 4.98. The van der Waals surface area contributed by atoms with Gasteiger partial charge in [0.25, 0.3) is 0 Å². The summed E-state index contributed by atoms with van der Waals surface area (Å²) >= 11 is 0. The van der Waals surface area contributed by atoms with Crippen molar-refractivity contribution < 1.29 is 19.1 Å². The van der Waals surface area contributed by atoms with Gasteiger partial charge in [-0.25, -0.2) is 4.79 Å². The average Bonchev–Trinajstić information content (AvgIpc) is 2.59. The molecule has 1 N–H and O–H groups in total. The van der Waals surface area contributed by atoms with Crippen LogP contribution in [0.5, 0.6) is 0 Å². The summed E-state index contributed by atoms with van der Waals surface area (Å²) in [6, 6.07) is 6.43. The molecule has 0 aliphatic carbocycles. The summed E-state index contributed by atoms with van der Waals surface area (Å²) in [5, 5.41) is 2.41. The number of imide groups is 2. The van der Waals surface area contributed by atoms with Crippen molar-refractivity contribution in [2.75, 3.05) is 24.7 Å². The second-order valence-corrected chi connectivity index (χ2v) is 7.09. The Morgan fingerprint density at radius 3 is 2.76 bits per heavy atom. The molecule has 0 bridgehead atoms. The van der Waals surface area contributed by atoms with Crippen LogP contribution in [0.1, 0.15) is 19.4 Å². The van der Waals surface area contributed by atoms with Crippen LogP contribution in [0.3, 0.4) is 0 Å². The number of anilines is 1. The monoisotopic (exact) mass is 343 g/mol. The van der Waals surface area contributed by atoms with Crippen LogP contribution in [0.25, 0.3) is 0 Å². The van der Waals surface area contributed by atoms with Gasteiger partial charge in [0.2, 0.25) is 11.8 Å². The third kappa shape index (κ3) is 2.12. The second-order valence-electron chi connectivity index (χ2n) is 7.09. The molecule has 132 valence electrons. The van der Waals surface area contributed by atoms with Gasteiger partial charge in [-0.2, -0.15) is 0 Å². The molecular weight excluding hydrogens is 322 g/mol. The minimum absolute atomic E-state index is 0.273. The van der Waals surface area contributed by atoms with Gasteiger partial charge in [-0.05, 0) is 31.9 Å². The summed E-state index contributed by atoms with van der Waals surface area (Å²) in [5.74, 6) is -0.944. The SMILES string of the molecule is CC(C)N1C(=O)NC(=O)C2(Cc3ccccc3N3CCOCC32)C1=O. The molecule has 3 aliphatic heterocycles. The lowest BCUT2D eigenvalue weighted by atomic mass is 9.68. The summed E-state index contributed by atoms with van der Waals surface area (Å²) in [4.78, 5) is 41.8. The fourth-order valence-corrected chi connectivity index (χ4v) is 4.25. The fourth-order valence-electron chi connectivity index (χ4n) is 4.25. The Labute approximate surface area is 145 Å². The lowest BCUT2D eigenvalue weighted by Crippen LogP contribution is -2.74. The molecule has 7 nitrogen and oxygen atoms in total. The van der Waals surface area contributed by atoms with Crippen LogP contribution in [0.2, 0.25) is 0 Å². The van der Waals surface area contributed by atoms with E-state index in [-0.39, 0.29) is 19.1 Å². The van der Waals surface area contributed by atoms with E-state index >= 15 is 0 Å². The molecule has 3 aliphatic rings. The number of amides is 4. The number of carbonyl (C=O) groups is 3. The van der Waals surface area contributed by atoms with Crippen LogP contribution in [0, 0.1) is 5.41 Å². The lowest BCUT2D eigenvalue weighted by Gasteiger charge is -2.53. The fraction of sp³-hybridized carbons (Fsp3) is 0.500. The topological polar surface area (TPSA) is 79.0 Å². The van der Waals surface area contributed by atoms with Crippen LogP contribution in [0.4, 0.5) is 10.5 Å². The van der Waals surface area contributed by atoms with E-state index in [0.717, 1.165) is 11.3 Å². The minimum atomic E-state index is -1.34. The first-order valence-electron chi connectivity index (χ1n) is 8.58. The quantitative estimate of drug-likeness (QED) is 0.767. The zero-order chi connectivity index (χ0) is 17.8. The van der Waals surface area contributed by atoms with Crippen LogP contribution < -0.4 is 10.2 Å². The van der Waals surface area contributed by atoms with Crippen molar-refractivity contribution in [3.63, 3.8) is 0 Å². The number of barbiturate groups is 1. The predicted molar refractivity (Wildman–Crippen MR) is 90.1 cm³/mol. The highest BCUT2D eigenvalue weighted by Gasteiger charge is 2.62. The molecule has 4 amide bonds. The Morgan fingerprint density at radius 2 is 2.00 bits per heavy atom. The third-order valence-corrected chi connectivity index (χ3v) is 5.43. The number of fused-ring (bicyclic) bond motifs is 4. The molecule has 2 saturated heterocycles. The molecule has 1 aromatic carbocycles. The Hall–Kier alpha value is -2.41. The molecule has 2 fully saturated rings. The van der Waals surface area contributed by atoms with Crippen molar-refractivity contribution in [3.8, 4) is 0 Å². The average molecular weight is 343 g/mol. The Kier molecular flexibility index (Phi) is 3.57. The number of hydrogen-bond acceptors (Lipinski definition) is 5. The van der Waals surface area contributed by atoms with E-state index < -0.39 is 29.3 Å². The van der Waals surface area contributed by atoms with E-state index in [9.17, 15) is 14.4 Å². The molecular formula is C18H21N3O4. The van der Waals surface area contributed by atoms with Crippen molar-refractivity contribution in [1.82, 2.24) is 10.2 Å². The van der Waals surface area contributed by atoms with Crippen molar-refractivity contribution in [3.05, 3.63) is 29.8 Å². The summed E-state index contributed by atoms with van der Waals surface area (Å²) < 4.78 is 5.62. The van der Waals surface area contributed by atoms with E-state index in [1.54, 1.807) is 13.8 Å². The van der Waals surface area contributed by atoms with Gasteiger partial charge < -0.3 is 9.64 Å². The Bertz CT molecular complexity index is 762. The molecule has 0 aromatic heterocycles. The smallest absolute Gasteiger partial charge is 0.331 e. The minimum Gasteiger partial charge on any atom is -0.377 e. The molecule has 2 unspecified atom stereocenters. The number of rotatable bonds is 1. The Balaban J connectivity index is 1.88. The molecule has 1 spiro atoms. The highest BCUT2D eigenvalue weighted by atomic mass is 16.5. The summed E-state index contributed by atoms with van der Waals surface area (Å²) in [6.07, 6.45) is 0.273. The normalized spacial score (nSPS) is 28.9. The lowest BCUT2D eigenvalue weighted by molar-refractivity contribution is -0.157. The summed E-state index contributed by atoms with van der Waals surface area (Å²) in [7, 11) is 0. The molecule has 0 saturated carbocycles. The number of nitrogens with zero attached hydrogens (tertiary/aromatic N) is 2. The van der Waals surface area contributed by atoms with Gasteiger partial charge in [-0.1, -0.05) is 18.2 Å². The molecule has 1 aromatic rings. The van der Waals surface area contributed by atoms with Crippen LogP contribution >= 0.6 is 0 Å². The first-order valence-corrected chi connectivity index (χ1v) is 8.58. The number of ether oxygens (including phenoxy) is 1. The van der Waals surface area contributed by atoms with Gasteiger partial charge in [0, 0.05) is 18.3 Å². The van der Waals surface area contributed by atoms with Crippen molar-refractivity contribution in [2.45, 2.75) is 32.4 Å². The van der Waals surface area contributed by atoms with Gasteiger partial charge in [-0.15, -0.1) is 0 Å². The van der Waals surface area contributed by atoms with E-state index in [2.05, 4.69) is 10.2 Å². The summed E-state index contributed by atoms with van der Waals surface area (Å²) in [5.41, 5.74) is 0.643.